The average Bonchev–Trinajstić information content (AvgIpc) is 3.06. The molecule has 0 aromatic carbocycles. The van der Waals surface area contributed by atoms with Gasteiger partial charge in [-0.15, -0.1) is 0 Å². The van der Waals surface area contributed by atoms with Crippen molar-refractivity contribution in [1.82, 2.24) is 0 Å². The smallest absolute Gasteiger partial charge is 0.0201 e. The zero-order chi connectivity index (χ0) is 12.7. The van der Waals surface area contributed by atoms with Crippen LogP contribution in [-0.2, 0) is 0 Å². The highest BCUT2D eigenvalue weighted by Crippen LogP contribution is 2.67. The molecule has 2 aliphatic heterocycles. The van der Waals surface area contributed by atoms with Crippen LogP contribution in [0.2, 0.25) is 0 Å². The fraction of sp³-hybridized carbons (Fsp3) is 1.00. The van der Waals surface area contributed by atoms with Crippen LogP contribution in [0.3, 0.4) is 0 Å². The monoisotopic (exact) mass is 282 g/mol. The summed E-state index contributed by atoms with van der Waals surface area (Å²) in [5, 5.41) is 4.18. The Balaban J connectivity index is 1.56. The van der Waals surface area contributed by atoms with Gasteiger partial charge in [0, 0.05) is 21.0 Å². The first-order valence-electron chi connectivity index (χ1n) is 7.66. The summed E-state index contributed by atoms with van der Waals surface area (Å²) >= 11 is 4.63. The Hall–Kier alpha value is 0.700. The van der Waals surface area contributed by atoms with Crippen LogP contribution >= 0.6 is 23.5 Å². The first-order chi connectivity index (χ1) is 8.35. The lowest BCUT2D eigenvalue weighted by molar-refractivity contribution is 0.106. The fourth-order valence-corrected chi connectivity index (χ4v) is 8.27. The Morgan fingerprint density at radius 1 is 0.667 bits per heavy atom. The van der Waals surface area contributed by atoms with E-state index >= 15 is 0 Å². The number of rotatable bonds is 1. The van der Waals surface area contributed by atoms with Crippen LogP contribution in [0.5, 0.6) is 0 Å². The Morgan fingerprint density at radius 3 is 1.44 bits per heavy atom. The molecule has 4 rings (SSSR count). The largest absolute Gasteiger partial charge is 0.153 e. The first-order valence-corrected chi connectivity index (χ1v) is 9.54. The summed E-state index contributed by atoms with van der Waals surface area (Å²) in [5.41, 5.74) is 1.23. The number of fused-ring (bicyclic) bond motifs is 2. The molecule has 0 N–H and O–H groups in total. The topological polar surface area (TPSA) is 0 Å². The highest BCUT2D eigenvalue weighted by atomic mass is 32.2. The van der Waals surface area contributed by atoms with E-state index in [9.17, 15) is 0 Å². The van der Waals surface area contributed by atoms with Gasteiger partial charge in [0.1, 0.15) is 0 Å². The van der Waals surface area contributed by atoms with Gasteiger partial charge in [-0.3, -0.25) is 0 Å². The number of hydrogen-bond donors (Lipinski definition) is 0. The normalized spacial score (nSPS) is 55.3. The third kappa shape index (κ3) is 2.06. The van der Waals surface area contributed by atoms with E-state index in [0.717, 1.165) is 32.8 Å². The van der Waals surface area contributed by atoms with E-state index in [1.807, 2.05) is 0 Å². The minimum atomic E-state index is 0.617. The Bertz CT molecular complexity index is 337. The van der Waals surface area contributed by atoms with E-state index in [-0.39, 0.29) is 0 Å². The Labute approximate surface area is 120 Å². The molecule has 4 aliphatic rings. The second-order valence-electron chi connectivity index (χ2n) is 8.75. The van der Waals surface area contributed by atoms with Gasteiger partial charge in [0.05, 0.1) is 0 Å². The quantitative estimate of drug-likeness (QED) is 0.632. The van der Waals surface area contributed by atoms with Gasteiger partial charge in [-0.2, -0.15) is 23.5 Å². The molecule has 0 aromatic rings. The van der Waals surface area contributed by atoms with Gasteiger partial charge in [0.25, 0.3) is 0 Å². The second kappa shape index (κ2) is 3.67. The summed E-state index contributed by atoms with van der Waals surface area (Å²) < 4.78 is 0. The van der Waals surface area contributed by atoms with Crippen LogP contribution in [0.25, 0.3) is 0 Å². The summed E-state index contributed by atoms with van der Waals surface area (Å²) in [5.74, 6) is 2.09. The molecule has 2 heteroatoms. The van der Waals surface area contributed by atoms with Crippen molar-refractivity contribution < 1.29 is 0 Å². The lowest BCUT2D eigenvalue weighted by Crippen LogP contribution is -2.40. The Morgan fingerprint density at radius 2 is 1.06 bits per heavy atom. The first kappa shape index (κ1) is 12.4. The van der Waals surface area contributed by atoms with E-state index < -0.39 is 0 Å². The molecule has 4 fully saturated rings. The molecule has 2 heterocycles. The van der Waals surface area contributed by atoms with E-state index in [1.165, 1.54) is 25.7 Å². The molecular formula is C16H26S2. The number of hydrogen-bond acceptors (Lipinski definition) is 2. The molecule has 2 saturated carbocycles. The molecule has 0 radical (unpaired) electrons. The molecule has 0 nitrogen and oxygen atoms in total. The van der Waals surface area contributed by atoms with Crippen molar-refractivity contribution >= 4 is 23.5 Å². The number of thioether (sulfide) groups is 2. The van der Waals surface area contributed by atoms with Crippen molar-refractivity contribution in [2.75, 3.05) is 0 Å². The molecule has 2 saturated heterocycles. The summed E-state index contributed by atoms with van der Waals surface area (Å²) in [4.78, 5) is 0. The van der Waals surface area contributed by atoms with Gasteiger partial charge >= 0.3 is 0 Å². The maximum absolute atomic E-state index is 2.51. The van der Waals surface area contributed by atoms with Crippen LogP contribution in [0.4, 0.5) is 0 Å². The SMILES string of the molecule is CC1(C)CC2SC2C(C2CC(C)(C)CC3SC32)C1. The van der Waals surface area contributed by atoms with Crippen molar-refractivity contribution in [1.29, 1.82) is 0 Å². The predicted molar refractivity (Wildman–Crippen MR) is 83.3 cm³/mol. The van der Waals surface area contributed by atoms with Crippen LogP contribution in [0.1, 0.15) is 53.4 Å². The summed E-state index contributed by atoms with van der Waals surface area (Å²) in [7, 11) is 0. The van der Waals surface area contributed by atoms with Crippen LogP contribution in [-0.4, -0.2) is 21.0 Å². The summed E-state index contributed by atoms with van der Waals surface area (Å²) in [6, 6.07) is 0. The van der Waals surface area contributed by atoms with Gasteiger partial charge in [-0.05, 0) is 48.3 Å². The van der Waals surface area contributed by atoms with Crippen LogP contribution < -0.4 is 0 Å². The van der Waals surface area contributed by atoms with Crippen molar-refractivity contribution in [3.05, 3.63) is 0 Å². The van der Waals surface area contributed by atoms with Crippen LogP contribution in [0.15, 0.2) is 0 Å². The molecule has 0 amide bonds. The lowest BCUT2D eigenvalue weighted by Gasteiger charge is -2.42. The van der Waals surface area contributed by atoms with Crippen LogP contribution in [0, 0.1) is 22.7 Å². The second-order valence-corrected chi connectivity index (χ2v) is 11.6. The van der Waals surface area contributed by atoms with Gasteiger partial charge in [-0.25, -0.2) is 0 Å². The molecule has 0 bridgehead atoms. The van der Waals surface area contributed by atoms with Gasteiger partial charge in [-0.1, -0.05) is 27.7 Å². The van der Waals surface area contributed by atoms with Crippen molar-refractivity contribution in [2.24, 2.45) is 22.7 Å². The van der Waals surface area contributed by atoms with Crippen molar-refractivity contribution in [3.63, 3.8) is 0 Å². The molecule has 6 atom stereocenters. The zero-order valence-corrected chi connectivity index (χ0v) is 13.7. The Kier molecular flexibility index (Phi) is 2.53. The van der Waals surface area contributed by atoms with E-state index in [2.05, 4.69) is 51.2 Å². The van der Waals surface area contributed by atoms with E-state index in [4.69, 9.17) is 0 Å². The lowest BCUT2D eigenvalue weighted by atomic mass is 9.61. The van der Waals surface area contributed by atoms with Gasteiger partial charge in [0.15, 0.2) is 0 Å². The highest BCUT2D eigenvalue weighted by molar-refractivity contribution is 8.08. The minimum Gasteiger partial charge on any atom is -0.153 e. The molecule has 102 valence electrons. The fourth-order valence-electron chi connectivity index (χ4n) is 4.95. The third-order valence-corrected chi connectivity index (χ3v) is 8.70. The molecule has 18 heavy (non-hydrogen) atoms. The van der Waals surface area contributed by atoms with E-state index in [1.54, 1.807) is 0 Å². The maximum atomic E-state index is 2.51. The standard InChI is InChI=1S/C16H26S2/c1-15(2)5-9(13-11(7-15)17-13)10-6-16(3,4)8-12-14(10)18-12/h9-14H,5-8H2,1-4H3. The van der Waals surface area contributed by atoms with Crippen molar-refractivity contribution in [2.45, 2.75) is 74.4 Å². The van der Waals surface area contributed by atoms with Crippen molar-refractivity contribution in [3.8, 4) is 0 Å². The van der Waals surface area contributed by atoms with Gasteiger partial charge < -0.3 is 0 Å². The average molecular weight is 283 g/mol. The molecule has 6 unspecified atom stereocenters. The predicted octanol–water partition coefficient (Wildman–Crippen LogP) is 4.83. The third-order valence-electron chi connectivity index (χ3n) is 5.72. The maximum Gasteiger partial charge on any atom is 0.0201 e. The highest BCUT2D eigenvalue weighted by Gasteiger charge is 2.60. The van der Waals surface area contributed by atoms with E-state index in [0.29, 0.717) is 10.8 Å². The molecule has 2 aliphatic carbocycles. The zero-order valence-electron chi connectivity index (χ0n) is 12.1. The summed E-state index contributed by atoms with van der Waals surface area (Å²) in [6.45, 7) is 10.1. The molecular weight excluding hydrogens is 256 g/mol. The summed E-state index contributed by atoms with van der Waals surface area (Å²) in [6.07, 6.45) is 5.98. The minimum absolute atomic E-state index is 0.617. The molecule has 0 spiro atoms. The van der Waals surface area contributed by atoms with Gasteiger partial charge in [0.2, 0.25) is 0 Å². The molecule has 0 aromatic heterocycles.